The summed E-state index contributed by atoms with van der Waals surface area (Å²) in [7, 11) is -4.29. The second-order valence-electron chi connectivity index (χ2n) is 9.90. The number of rotatable bonds is 11. The fourth-order valence-electron chi connectivity index (χ4n) is 4.84. The summed E-state index contributed by atoms with van der Waals surface area (Å²) in [5, 5.41) is 7.58. The third-order valence-corrected chi connectivity index (χ3v) is 8.46. The maximum absolute atomic E-state index is 15.2. The van der Waals surface area contributed by atoms with Crippen LogP contribution in [0.15, 0.2) is 59.4 Å². The first-order chi connectivity index (χ1) is 19.6. The minimum absolute atomic E-state index is 0.0220. The molecule has 0 aromatic heterocycles. The molecule has 0 saturated carbocycles. The zero-order valence-electron chi connectivity index (χ0n) is 23.1. The van der Waals surface area contributed by atoms with Gasteiger partial charge in [0.05, 0.1) is 24.7 Å². The molecule has 0 bridgehead atoms. The van der Waals surface area contributed by atoms with Gasteiger partial charge in [-0.3, -0.25) is 19.5 Å². The number of anilines is 1. The van der Waals surface area contributed by atoms with Crippen LogP contribution in [0.2, 0.25) is 0 Å². The number of esters is 1. The van der Waals surface area contributed by atoms with E-state index >= 15 is 4.39 Å². The van der Waals surface area contributed by atoms with E-state index in [1.807, 2.05) is 0 Å². The Hall–Kier alpha value is -3.93. The summed E-state index contributed by atoms with van der Waals surface area (Å²) in [5.74, 6) is -1.04. The van der Waals surface area contributed by atoms with E-state index in [0.717, 1.165) is 49.6 Å². The van der Waals surface area contributed by atoms with Gasteiger partial charge in [-0.25, -0.2) is 12.8 Å². The number of carbonyl (C=O) groups excluding carboxylic acids is 1. The van der Waals surface area contributed by atoms with Crippen molar-refractivity contribution in [3.05, 3.63) is 65.5 Å². The van der Waals surface area contributed by atoms with Gasteiger partial charge in [0.2, 0.25) is 10.0 Å². The number of nitrogen functional groups attached to an aromatic ring is 1. The molecule has 0 spiro atoms. The third-order valence-electron chi connectivity index (χ3n) is 6.84. The molecule has 10 nitrogen and oxygen atoms in total. The van der Waals surface area contributed by atoms with E-state index in [9.17, 15) is 13.2 Å². The minimum atomic E-state index is -4.29. The molecule has 0 atom stereocenters. The van der Waals surface area contributed by atoms with Gasteiger partial charge in [0.1, 0.15) is 23.5 Å². The molecule has 0 unspecified atom stereocenters. The van der Waals surface area contributed by atoms with Crippen LogP contribution in [0.4, 0.5) is 10.1 Å². The van der Waals surface area contributed by atoms with E-state index in [0.29, 0.717) is 16.9 Å². The molecule has 1 saturated heterocycles. The lowest BCUT2D eigenvalue weighted by Gasteiger charge is -2.33. The highest BCUT2D eigenvalue weighted by molar-refractivity contribution is 7.93. The van der Waals surface area contributed by atoms with Gasteiger partial charge in [-0.1, -0.05) is 18.2 Å². The zero-order chi connectivity index (χ0) is 29.4. The molecule has 2 aliphatic rings. The molecule has 0 aliphatic carbocycles. The lowest BCUT2D eigenvalue weighted by atomic mass is 10.1. The third kappa shape index (κ3) is 8.29. The Labute approximate surface area is 240 Å². The van der Waals surface area contributed by atoms with Crippen molar-refractivity contribution in [1.29, 1.82) is 5.41 Å². The molecular formula is C29H36FN5O5S. The van der Waals surface area contributed by atoms with E-state index in [2.05, 4.69) is 9.89 Å². The number of nitrogens with zero attached hydrogens (tertiary/aromatic N) is 3. The molecule has 41 heavy (non-hydrogen) atoms. The number of hydrogen-bond donors (Lipinski definition) is 2. The smallest absolute Gasteiger partial charge is 0.323 e. The van der Waals surface area contributed by atoms with Gasteiger partial charge in [0.25, 0.3) is 0 Å². The Bertz CT molecular complexity index is 1400. The van der Waals surface area contributed by atoms with Gasteiger partial charge >= 0.3 is 5.97 Å². The number of benzene rings is 2. The van der Waals surface area contributed by atoms with Crippen LogP contribution in [-0.4, -0.2) is 75.6 Å². The second kappa shape index (κ2) is 13.6. The number of sulfonamides is 1. The standard InChI is InChI=1S/C29H36FN5O5S/c1-2-39-28(36)20-41(37,38)35(19-23(30)18-21-5-3-6-22(17-21)29(31)32)24-8-10-25(11-9-24)40-26-12-15-34(16-13-26)27-7-4-14-33-27/h3,5-6,8-11,17-18,26H,2,4,7,12-16,19-20H2,1H3,(H3,31,32)/b23-18-. The molecule has 2 heterocycles. The summed E-state index contributed by atoms with van der Waals surface area (Å²) < 4.78 is 53.5. The topological polar surface area (TPSA) is 138 Å². The lowest BCUT2D eigenvalue weighted by molar-refractivity contribution is -0.139. The molecule has 0 amide bonds. The molecule has 4 rings (SSSR count). The van der Waals surface area contributed by atoms with Crippen LogP contribution in [0.5, 0.6) is 5.75 Å². The molecule has 1 fully saturated rings. The number of hydrogen-bond acceptors (Lipinski definition) is 8. The molecule has 2 aromatic carbocycles. The summed E-state index contributed by atoms with van der Waals surface area (Å²) >= 11 is 0. The number of carbonyl (C=O) groups is 1. The Morgan fingerprint density at radius 1 is 1.22 bits per heavy atom. The van der Waals surface area contributed by atoms with Gasteiger partial charge in [0.15, 0.2) is 5.75 Å². The van der Waals surface area contributed by atoms with Crippen molar-refractivity contribution >= 4 is 39.4 Å². The van der Waals surface area contributed by atoms with Crippen molar-refractivity contribution in [2.45, 2.75) is 38.7 Å². The van der Waals surface area contributed by atoms with Gasteiger partial charge in [-0.2, -0.15) is 0 Å². The van der Waals surface area contributed by atoms with Crippen LogP contribution in [0, 0.1) is 5.41 Å². The van der Waals surface area contributed by atoms with Crippen LogP contribution in [0.3, 0.4) is 0 Å². The zero-order valence-corrected chi connectivity index (χ0v) is 23.9. The monoisotopic (exact) mass is 585 g/mol. The molecule has 2 aromatic rings. The molecule has 0 radical (unpaired) electrons. The van der Waals surface area contributed by atoms with Crippen molar-refractivity contribution in [3.63, 3.8) is 0 Å². The Kier molecular flexibility index (Phi) is 9.98. The number of amidine groups is 2. The van der Waals surface area contributed by atoms with E-state index in [1.165, 1.54) is 30.1 Å². The number of nitrogens with one attached hydrogen (secondary N) is 1. The molecule has 220 valence electrons. The fourth-order valence-corrected chi connectivity index (χ4v) is 6.14. The van der Waals surface area contributed by atoms with E-state index in [4.69, 9.17) is 20.6 Å². The van der Waals surface area contributed by atoms with Gasteiger partial charge in [0, 0.05) is 44.5 Å². The number of ether oxygens (including phenoxy) is 2. The van der Waals surface area contributed by atoms with Crippen LogP contribution >= 0.6 is 0 Å². The number of halogens is 1. The van der Waals surface area contributed by atoms with Crippen molar-refractivity contribution in [1.82, 2.24) is 4.90 Å². The fraction of sp³-hybridized carbons (Fsp3) is 0.414. The summed E-state index contributed by atoms with van der Waals surface area (Å²) in [6, 6.07) is 12.7. The average molecular weight is 586 g/mol. The summed E-state index contributed by atoms with van der Waals surface area (Å²) in [6.07, 6.45) is 5.03. The second-order valence-corrected chi connectivity index (χ2v) is 11.8. The summed E-state index contributed by atoms with van der Waals surface area (Å²) in [4.78, 5) is 18.9. The highest BCUT2D eigenvalue weighted by Gasteiger charge is 2.28. The van der Waals surface area contributed by atoms with Crippen LogP contribution in [0.1, 0.15) is 43.7 Å². The average Bonchev–Trinajstić information content (AvgIpc) is 3.48. The van der Waals surface area contributed by atoms with Crippen molar-refractivity contribution in [3.8, 4) is 5.75 Å². The first kappa shape index (κ1) is 30.0. The van der Waals surface area contributed by atoms with Crippen molar-refractivity contribution in [2.75, 3.05) is 42.8 Å². The van der Waals surface area contributed by atoms with Crippen LogP contribution in [0.25, 0.3) is 6.08 Å². The van der Waals surface area contributed by atoms with Crippen LogP contribution in [-0.2, 0) is 19.6 Å². The number of aliphatic imine (C=N–C) groups is 1. The lowest BCUT2D eigenvalue weighted by Crippen LogP contribution is -2.41. The van der Waals surface area contributed by atoms with Crippen LogP contribution < -0.4 is 14.8 Å². The first-order valence-corrected chi connectivity index (χ1v) is 15.3. The highest BCUT2D eigenvalue weighted by Crippen LogP contribution is 2.27. The molecule has 2 aliphatic heterocycles. The van der Waals surface area contributed by atoms with Crippen molar-refractivity contribution in [2.24, 2.45) is 10.7 Å². The van der Waals surface area contributed by atoms with E-state index in [1.54, 1.807) is 37.3 Å². The normalized spacial score (nSPS) is 16.3. The molecular weight excluding hydrogens is 549 g/mol. The Morgan fingerprint density at radius 3 is 2.59 bits per heavy atom. The Balaban J connectivity index is 1.49. The number of piperidine rings is 1. The SMILES string of the molecule is CCOC(=O)CS(=O)(=O)N(C/C(F)=C/c1cccc(C(=N)N)c1)c1ccc(OC2CCN(C3=NCCC3)CC2)cc1. The molecule has 3 N–H and O–H groups in total. The number of nitrogens with two attached hydrogens (primary N) is 1. The van der Waals surface area contributed by atoms with Crippen molar-refractivity contribution < 1.29 is 27.1 Å². The van der Waals surface area contributed by atoms with Gasteiger partial charge in [-0.05, 0) is 55.3 Å². The predicted octanol–water partition coefficient (Wildman–Crippen LogP) is 3.72. The minimum Gasteiger partial charge on any atom is -0.490 e. The summed E-state index contributed by atoms with van der Waals surface area (Å²) in [6.45, 7) is 3.61. The maximum atomic E-state index is 15.2. The quantitative estimate of drug-likeness (QED) is 0.233. The van der Waals surface area contributed by atoms with Gasteiger partial charge in [-0.15, -0.1) is 0 Å². The first-order valence-electron chi connectivity index (χ1n) is 13.7. The highest BCUT2D eigenvalue weighted by atomic mass is 32.2. The predicted molar refractivity (Wildman–Crippen MR) is 158 cm³/mol. The number of likely N-dealkylation sites (tertiary alicyclic amines) is 1. The maximum Gasteiger partial charge on any atom is 0.323 e. The summed E-state index contributed by atoms with van der Waals surface area (Å²) in [5.41, 5.74) is 6.52. The van der Waals surface area contributed by atoms with E-state index in [-0.39, 0.29) is 24.2 Å². The molecule has 12 heteroatoms. The van der Waals surface area contributed by atoms with Gasteiger partial charge < -0.3 is 20.1 Å². The Morgan fingerprint density at radius 2 is 1.95 bits per heavy atom. The largest absolute Gasteiger partial charge is 0.490 e. The van der Waals surface area contributed by atoms with E-state index < -0.39 is 34.1 Å².